The van der Waals surface area contributed by atoms with Crippen molar-refractivity contribution in [3.05, 3.63) is 75.6 Å². The number of fused-ring (bicyclic) bond motifs is 2. The highest BCUT2D eigenvalue weighted by Crippen LogP contribution is 2.41. The highest BCUT2D eigenvalue weighted by atomic mass is 32.2. The molecule has 8 heteroatoms. The summed E-state index contributed by atoms with van der Waals surface area (Å²) in [5.41, 5.74) is 1.04. The molecular formula is C23H21NO6S. The summed E-state index contributed by atoms with van der Waals surface area (Å²) in [5, 5.41) is 0.394. The van der Waals surface area contributed by atoms with Gasteiger partial charge in [-0.1, -0.05) is 24.3 Å². The van der Waals surface area contributed by atoms with Crippen molar-refractivity contribution in [2.45, 2.75) is 25.4 Å². The van der Waals surface area contributed by atoms with Gasteiger partial charge in [0.25, 0.3) is 5.91 Å². The average Bonchev–Trinajstić information content (AvgIpc) is 3.26. The number of benzene rings is 2. The molecule has 160 valence electrons. The summed E-state index contributed by atoms with van der Waals surface area (Å²) in [7, 11) is -3.23. The molecule has 0 aliphatic carbocycles. The van der Waals surface area contributed by atoms with Crippen molar-refractivity contribution < 1.29 is 22.4 Å². The summed E-state index contributed by atoms with van der Waals surface area (Å²) in [4.78, 5) is 28.4. The topological polar surface area (TPSA) is 93.9 Å². The molecule has 2 atom stereocenters. The summed E-state index contributed by atoms with van der Waals surface area (Å²) in [6.07, 6.45) is 0.337. The van der Waals surface area contributed by atoms with Crippen LogP contribution in [-0.4, -0.2) is 43.4 Å². The van der Waals surface area contributed by atoms with Gasteiger partial charge >= 0.3 is 0 Å². The van der Waals surface area contributed by atoms with Gasteiger partial charge in [0.1, 0.15) is 11.3 Å². The van der Waals surface area contributed by atoms with Gasteiger partial charge < -0.3 is 14.1 Å². The lowest BCUT2D eigenvalue weighted by molar-refractivity contribution is 0.0662. The number of carbonyl (C=O) groups excluding carboxylic acids is 1. The van der Waals surface area contributed by atoms with Crippen molar-refractivity contribution in [3.8, 4) is 5.75 Å². The van der Waals surface area contributed by atoms with Gasteiger partial charge in [0.05, 0.1) is 35.1 Å². The SMILES string of the molecule is CCOc1ccc(C2c3c(oc4ccccc4c3=O)C(=O)N2C2CCS(=O)(=O)C2)cc1. The Morgan fingerprint density at radius 3 is 2.52 bits per heavy atom. The van der Waals surface area contributed by atoms with Gasteiger partial charge in [-0.05, 0) is 43.2 Å². The van der Waals surface area contributed by atoms with Crippen molar-refractivity contribution in [1.82, 2.24) is 4.90 Å². The van der Waals surface area contributed by atoms with Crippen LogP contribution < -0.4 is 10.2 Å². The number of ether oxygens (including phenoxy) is 1. The number of hydrogen-bond acceptors (Lipinski definition) is 6. The summed E-state index contributed by atoms with van der Waals surface area (Å²) >= 11 is 0. The molecular weight excluding hydrogens is 418 g/mol. The minimum absolute atomic E-state index is 0.00752. The zero-order chi connectivity index (χ0) is 21.8. The Bertz CT molecular complexity index is 1340. The second-order valence-corrected chi connectivity index (χ2v) is 10.1. The van der Waals surface area contributed by atoms with Gasteiger partial charge in [0, 0.05) is 6.04 Å². The highest BCUT2D eigenvalue weighted by Gasteiger charge is 2.48. The minimum Gasteiger partial charge on any atom is -0.494 e. The molecule has 0 saturated carbocycles. The van der Waals surface area contributed by atoms with Crippen molar-refractivity contribution in [3.63, 3.8) is 0 Å². The summed E-state index contributed by atoms with van der Waals surface area (Å²) in [5.74, 6) is 0.132. The Morgan fingerprint density at radius 1 is 1.10 bits per heavy atom. The Balaban J connectivity index is 1.70. The zero-order valence-corrected chi connectivity index (χ0v) is 17.7. The Morgan fingerprint density at radius 2 is 1.84 bits per heavy atom. The normalized spacial score (nSPS) is 22.1. The number of para-hydroxylation sites is 1. The first-order valence-corrected chi connectivity index (χ1v) is 12.0. The number of rotatable bonds is 4. The Kier molecular flexibility index (Phi) is 4.62. The number of carbonyl (C=O) groups is 1. The largest absolute Gasteiger partial charge is 0.494 e. The molecule has 1 amide bonds. The van der Waals surface area contributed by atoms with Crippen LogP contribution in [0.2, 0.25) is 0 Å². The van der Waals surface area contributed by atoms with Crippen molar-refractivity contribution >= 4 is 26.7 Å². The third kappa shape index (κ3) is 3.22. The van der Waals surface area contributed by atoms with Gasteiger partial charge in [-0.25, -0.2) is 8.42 Å². The monoisotopic (exact) mass is 439 g/mol. The van der Waals surface area contributed by atoms with E-state index in [1.54, 1.807) is 36.4 Å². The van der Waals surface area contributed by atoms with E-state index in [0.717, 1.165) is 0 Å². The maximum absolute atomic E-state index is 13.4. The molecule has 7 nitrogen and oxygen atoms in total. The molecule has 0 radical (unpaired) electrons. The second kappa shape index (κ2) is 7.23. The van der Waals surface area contributed by atoms with Crippen LogP contribution in [0.3, 0.4) is 0 Å². The molecule has 1 fully saturated rings. The van der Waals surface area contributed by atoms with Gasteiger partial charge in [-0.15, -0.1) is 0 Å². The van der Waals surface area contributed by atoms with E-state index in [2.05, 4.69) is 0 Å². The van der Waals surface area contributed by atoms with Gasteiger partial charge in [-0.2, -0.15) is 0 Å². The number of hydrogen-bond donors (Lipinski definition) is 0. The number of sulfone groups is 1. The fourth-order valence-corrected chi connectivity index (χ4v) is 6.26. The van der Waals surface area contributed by atoms with Crippen LogP contribution in [-0.2, 0) is 9.84 Å². The molecule has 3 heterocycles. The van der Waals surface area contributed by atoms with Crippen molar-refractivity contribution in [2.75, 3.05) is 18.1 Å². The Labute approximate surface area is 179 Å². The number of nitrogens with zero attached hydrogens (tertiary/aromatic N) is 1. The lowest BCUT2D eigenvalue weighted by Crippen LogP contribution is -2.40. The lowest BCUT2D eigenvalue weighted by Gasteiger charge is -2.30. The van der Waals surface area contributed by atoms with E-state index in [-0.39, 0.29) is 28.3 Å². The fourth-order valence-electron chi connectivity index (χ4n) is 4.55. The van der Waals surface area contributed by atoms with Crippen LogP contribution in [0, 0.1) is 0 Å². The van der Waals surface area contributed by atoms with Crippen molar-refractivity contribution in [1.29, 1.82) is 0 Å². The molecule has 31 heavy (non-hydrogen) atoms. The highest BCUT2D eigenvalue weighted by molar-refractivity contribution is 7.91. The molecule has 5 rings (SSSR count). The molecule has 0 bridgehead atoms. The standard InChI is InChI=1S/C23H21NO6S/c1-2-29-16-9-7-14(8-10-16)20-19-21(25)17-5-3-4-6-18(17)30-22(19)23(26)24(20)15-11-12-31(27,28)13-15/h3-10,15,20H,2,11-13H2,1H3. The van der Waals surface area contributed by atoms with E-state index in [4.69, 9.17) is 9.15 Å². The molecule has 2 aliphatic heterocycles. The molecule has 2 aliphatic rings. The predicted molar refractivity (Wildman–Crippen MR) is 115 cm³/mol. The molecule has 1 aromatic heterocycles. The molecule has 0 spiro atoms. The molecule has 0 N–H and O–H groups in total. The predicted octanol–water partition coefficient (Wildman–Crippen LogP) is 2.92. The summed E-state index contributed by atoms with van der Waals surface area (Å²) in [6, 6.07) is 12.8. The van der Waals surface area contributed by atoms with E-state index in [1.165, 1.54) is 4.90 Å². The first kappa shape index (κ1) is 19.8. The number of amides is 1. The van der Waals surface area contributed by atoms with Gasteiger partial charge in [-0.3, -0.25) is 9.59 Å². The van der Waals surface area contributed by atoms with E-state index in [1.807, 2.05) is 19.1 Å². The van der Waals surface area contributed by atoms with Gasteiger partial charge in [0.15, 0.2) is 15.3 Å². The maximum atomic E-state index is 13.4. The van der Waals surface area contributed by atoms with Crippen LogP contribution in [0.25, 0.3) is 11.0 Å². The fraction of sp³-hybridized carbons (Fsp3) is 0.304. The first-order valence-electron chi connectivity index (χ1n) is 10.2. The van der Waals surface area contributed by atoms with Crippen LogP contribution in [0.5, 0.6) is 5.75 Å². The van der Waals surface area contributed by atoms with Crippen LogP contribution in [0.1, 0.15) is 41.1 Å². The quantitative estimate of drug-likeness (QED) is 0.621. The van der Waals surface area contributed by atoms with Crippen LogP contribution >= 0.6 is 0 Å². The summed E-state index contributed by atoms with van der Waals surface area (Å²) in [6.45, 7) is 2.41. The maximum Gasteiger partial charge on any atom is 0.291 e. The summed E-state index contributed by atoms with van der Waals surface area (Å²) < 4.78 is 35.7. The van der Waals surface area contributed by atoms with E-state index < -0.39 is 27.8 Å². The van der Waals surface area contributed by atoms with Gasteiger partial charge in [0.2, 0.25) is 5.76 Å². The third-order valence-electron chi connectivity index (χ3n) is 5.92. The molecule has 1 saturated heterocycles. The van der Waals surface area contributed by atoms with Crippen LogP contribution in [0.15, 0.2) is 57.7 Å². The Hall–Kier alpha value is -3.13. The van der Waals surface area contributed by atoms with E-state index in [9.17, 15) is 18.0 Å². The molecule has 3 aromatic rings. The lowest BCUT2D eigenvalue weighted by atomic mass is 9.97. The first-order chi connectivity index (χ1) is 14.9. The second-order valence-electron chi connectivity index (χ2n) is 7.84. The van der Waals surface area contributed by atoms with E-state index >= 15 is 0 Å². The van der Waals surface area contributed by atoms with Crippen molar-refractivity contribution in [2.24, 2.45) is 0 Å². The minimum atomic E-state index is -3.23. The molecule has 2 unspecified atom stereocenters. The molecule has 2 aromatic carbocycles. The smallest absolute Gasteiger partial charge is 0.291 e. The van der Waals surface area contributed by atoms with Crippen LogP contribution in [0.4, 0.5) is 0 Å². The van der Waals surface area contributed by atoms with E-state index in [0.29, 0.717) is 35.3 Å². The third-order valence-corrected chi connectivity index (χ3v) is 7.67. The average molecular weight is 439 g/mol. The zero-order valence-electron chi connectivity index (χ0n) is 16.9.